The molecule has 1 rings (SSSR count). The Morgan fingerprint density at radius 2 is 1.94 bits per heavy atom. The molecule has 0 amide bonds. The highest BCUT2D eigenvalue weighted by atomic mass is 14.7. The number of benzene rings is 1. The van der Waals surface area contributed by atoms with Gasteiger partial charge in [0.15, 0.2) is 0 Å². The van der Waals surface area contributed by atoms with Gasteiger partial charge in [-0.25, -0.2) is 0 Å². The minimum Gasteiger partial charge on any atom is -0.293 e. The zero-order chi connectivity index (χ0) is 12.5. The molecule has 90 valence electrons. The standard InChI is InChI=1S/C16H21N/c1-4-8-14(2)13-16(17-3)12-11-15-9-6-5-7-10-15/h4-10,13H,11-12H2,1-3H3/b8-4-,14-13-,17-16?. The summed E-state index contributed by atoms with van der Waals surface area (Å²) in [5.41, 5.74) is 3.77. The van der Waals surface area contributed by atoms with Gasteiger partial charge in [0, 0.05) is 12.8 Å². The van der Waals surface area contributed by atoms with E-state index in [1.54, 1.807) is 0 Å². The molecule has 0 saturated carbocycles. The summed E-state index contributed by atoms with van der Waals surface area (Å²) in [6, 6.07) is 10.5. The summed E-state index contributed by atoms with van der Waals surface area (Å²) < 4.78 is 0. The number of nitrogens with zero attached hydrogens (tertiary/aromatic N) is 1. The molecule has 0 aliphatic rings. The second kappa shape index (κ2) is 7.61. The molecular formula is C16H21N. The third-order valence-electron chi connectivity index (χ3n) is 2.62. The van der Waals surface area contributed by atoms with Crippen molar-refractivity contribution in [3.8, 4) is 0 Å². The maximum atomic E-state index is 4.33. The third-order valence-corrected chi connectivity index (χ3v) is 2.62. The summed E-state index contributed by atoms with van der Waals surface area (Å²) >= 11 is 0. The summed E-state index contributed by atoms with van der Waals surface area (Å²) in [6.07, 6.45) is 8.36. The first-order valence-corrected chi connectivity index (χ1v) is 6.07. The van der Waals surface area contributed by atoms with E-state index < -0.39 is 0 Å². The Kier molecular flexibility index (Phi) is 6.02. The lowest BCUT2D eigenvalue weighted by atomic mass is 10.1. The van der Waals surface area contributed by atoms with Gasteiger partial charge >= 0.3 is 0 Å². The molecule has 0 spiro atoms. The Bertz CT molecular complexity index is 410. The largest absolute Gasteiger partial charge is 0.293 e. The normalized spacial score (nSPS) is 13.4. The molecule has 0 radical (unpaired) electrons. The molecule has 0 heterocycles. The first-order chi connectivity index (χ1) is 8.26. The molecular weight excluding hydrogens is 206 g/mol. The van der Waals surface area contributed by atoms with E-state index in [1.165, 1.54) is 11.1 Å². The minimum atomic E-state index is 0.995. The van der Waals surface area contributed by atoms with Crippen LogP contribution in [0.25, 0.3) is 0 Å². The maximum Gasteiger partial charge on any atom is 0.0350 e. The summed E-state index contributed by atoms with van der Waals surface area (Å²) in [5, 5.41) is 0. The summed E-state index contributed by atoms with van der Waals surface area (Å²) in [6.45, 7) is 4.14. The fourth-order valence-electron chi connectivity index (χ4n) is 1.74. The molecule has 1 aromatic rings. The maximum absolute atomic E-state index is 4.33. The van der Waals surface area contributed by atoms with Crippen molar-refractivity contribution < 1.29 is 0 Å². The van der Waals surface area contributed by atoms with Crippen molar-refractivity contribution in [3.63, 3.8) is 0 Å². The van der Waals surface area contributed by atoms with Gasteiger partial charge in [0.1, 0.15) is 0 Å². The molecule has 0 N–H and O–H groups in total. The van der Waals surface area contributed by atoms with Gasteiger partial charge in [-0.2, -0.15) is 0 Å². The van der Waals surface area contributed by atoms with Crippen molar-refractivity contribution in [2.75, 3.05) is 7.05 Å². The molecule has 0 atom stereocenters. The van der Waals surface area contributed by atoms with Crippen molar-refractivity contribution in [2.24, 2.45) is 4.99 Å². The second-order valence-electron chi connectivity index (χ2n) is 4.09. The van der Waals surface area contributed by atoms with Crippen LogP contribution < -0.4 is 0 Å². The fourth-order valence-corrected chi connectivity index (χ4v) is 1.74. The number of aryl methyl sites for hydroxylation is 1. The van der Waals surface area contributed by atoms with E-state index in [2.05, 4.69) is 60.5 Å². The van der Waals surface area contributed by atoms with Gasteiger partial charge in [-0.05, 0) is 43.9 Å². The number of rotatable bonds is 5. The molecule has 0 aliphatic heterocycles. The van der Waals surface area contributed by atoms with Crippen LogP contribution in [0.2, 0.25) is 0 Å². The predicted molar refractivity (Wildman–Crippen MR) is 76.7 cm³/mol. The van der Waals surface area contributed by atoms with Crippen LogP contribution in [0.3, 0.4) is 0 Å². The summed E-state index contributed by atoms with van der Waals surface area (Å²) in [4.78, 5) is 4.33. The van der Waals surface area contributed by atoms with Crippen LogP contribution in [0.15, 0.2) is 59.1 Å². The van der Waals surface area contributed by atoms with Gasteiger partial charge in [0.05, 0.1) is 0 Å². The van der Waals surface area contributed by atoms with E-state index in [-0.39, 0.29) is 0 Å². The van der Waals surface area contributed by atoms with Crippen LogP contribution in [0.4, 0.5) is 0 Å². The van der Waals surface area contributed by atoms with E-state index in [0.717, 1.165) is 18.6 Å². The molecule has 1 heteroatoms. The average Bonchev–Trinajstić information content (AvgIpc) is 2.36. The van der Waals surface area contributed by atoms with Gasteiger partial charge in [0.2, 0.25) is 0 Å². The van der Waals surface area contributed by atoms with Gasteiger partial charge in [-0.1, -0.05) is 42.5 Å². The number of aliphatic imine (C=N–C) groups is 1. The smallest absolute Gasteiger partial charge is 0.0350 e. The third kappa shape index (κ3) is 5.30. The zero-order valence-corrected chi connectivity index (χ0v) is 11.0. The first kappa shape index (κ1) is 13.4. The lowest BCUT2D eigenvalue weighted by molar-refractivity contribution is 1.04. The molecule has 0 saturated heterocycles. The predicted octanol–water partition coefficient (Wildman–Crippen LogP) is 4.21. The molecule has 1 nitrogen and oxygen atoms in total. The zero-order valence-electron chi connectivity index (χ0n) is 11.0. The first-order valence-electron chi connectivity index (χ1n) is 6.07. The van der Waals surface area contributed by atoms with E-state index in [0.29, 0.717) is 0 Å². The van der Waals surface area contributed by atoms with E-state index >= 15 is 0 Å². The van der Waals surface area contributed by atoms with E-state index in [1.807, 2.05) is 14.0 Å². The SMILES string of the molecule is C/C=C\C(C)=C/C(CCc1ccccc1)=NC. The van der Waals surface area contributed by atoms with Crippen molar-refractivity contribution >= 4 is 5.71 Å². The van der Waals surface area contributed by atoms with Gasteiger partial charge in [0.25, 0.3) is 0 Å². The lowest BCUT2D eigenvalue weighted by Gasteiger charge is -2.02. The Labute approximate surface area is 105 Å². The molecule has 0 fully saturated rings. The van der Waals surface area contributed by atoms with Crippen molar-refractivity contribution in [1.82, 2.24) is 0 Å². The monoisotopic (exact) mass is 227 g/mol. The molecule has 1 aromatic carbocycles. The Morgan fingerprint density at radius 3 is 2.53 bits per heavy atom. The Morgan fingerprint density at radius 1 is 1.24 bits per heavy atom. The quantitative estimate of drug-likeness (QED) is 0.528. The topological polar surface area (TPSA) is 12.4 Å². The van der Waals surface area contributed by atoms with Gasteiger partial charge < -0.3 is 0 Å². The van der Waals surface area contributed by atoms with Crippen LogP contribution in [-0.4, -0.2) is 12.8 Å². The van der Waals surface area contributed by atoms with Crippen LogP contribution >= 0.6 is 0 Å². The van der Waals surface area contributed by atoms with Crippen LogP contribution in [-0.2, 0) is 6.42 Å². The molecule has 0 unspecified atom stereocenters. The highest BCUT2D eigenvalue weighted by Gasteiger charge is 1.97. The van der Waals surface area contributed by atoms with E-state index in [9.17, 15) is 0 Å². The minimum absolute atomic E-state index is 0.995. The highest BCUT2D eigenvalue weighted by molar-refractivity contribution is 5.95. The average molecular weight is 227 g/mol. The van der Waals surface area contributed by atoms with Crippen LogP contribution in [0, 0.1) is 0 Å². The Balaban J connectivity index is 2.58. The van der Waals surface area contributed by atoms with Gasteiger partial charge in [-0.3, -0.25) is 4.99 Å². The number of hydrogen-bond acceptors (Lipinski definition) is 1. The van der Waals surface area contributed by atoms with Crippen LogP contribution in [0.5, 0.6) is 0 Å². The molecule has 17 heavy (non-hydrogen) atoms. The molecule has 0 aliphatic carbocycles. The lowest BCUT2D eigenvalue weighted by Crippen LogP contribution is -1.98. The van der Waals surface area contributed by atoms with Crippen molar-refractivity contribution in [3.05, 3.63) is 59.7 Å². The molecule has 0 aromatic heterocycles. The van der Waals surface area contributed by atoms with E-state index in [4.69, 9.17) is 0 Å². The summed E-state index contributed by atoms with van der Waals surface area (Å²) in [7, 11) is 1.86. The number of allylic oxidation sites excluding steroid dienone is 4. The number of hydrogen-bond donors (Lipinski definition) is 0. The summed E-state index contributed by atoms with van der Waals surface area (Å²) in [5.74, 6) is 0. The van der Waals surface area contributed by atoms with Crippen molar-refractivity contribution in [2.45, 2.75) is 26.7 Å². The van der Waals surface area contributed by atoms with Gasteiger partial charge in [-0.15, -0.1) is 0 Å². The van der Waals surface area contributed by atoms with Crippen molar-refractivity contribution in [1.29, 1.82) is 0 Å². The fraction of sp³-hybridized carbons (Fsp3) is 0.312. The Hall–Kier alpha value is -1.63. The second-order valence-corrected chi connectivity index (χ2v) is 4.09. The van der Waals surface area contributed by atoms with Crippen LogP contribution in [0.1, 0.15) is 25.8 Å². The highest BCUT2D eigenvalue weighted by Crippen LogP contribution is 2.06. The molecule has 0 bridgehead atoms.